The van der Waals surface area contributed by atoms with Gasteiger partial charge in [-0.2, -0.15) is 0 Å². The van der Waals surface area contributed by atoms with Crippen molar-refractivity contribution in [3.63, 3.8) is 0 Å². The van der Waals surface area contributed by atoms with Gasteiger partial charge in [0.05, 0.1) is 6.61 Å². The smallest absolute Gasteiger partial charge is 0.140 e. The normalized spacial score (nSPS) is 16.7. The SMILES string of the molecule is CCC1=CC=CC=CC1.CCOc1ccccc1CC(=O)C1CCNCC1. The minimum Gasteiger partial charge on any atom is -0.494 e. The molecule has 1 saturated heterocycles. The van der Waals surface area contributed by atoms with Crippen LogP contribution < -0.4 is 10.1 Å². The van der Waals surface area contributed by atoms with E-state index < -0.39 is 0 Å². The largest absolute Gasteiger partial charge is 0.494 e. The van der Waals surface area contributed by atoms with E-state index in [9.17, 15) is 4.79 Å². The minimum atomic E-state index is 0.223. The molecule has 27 heavy (non-hydrogen) atoms. The fraction of sp³-hybridized carbons (Fsp3) is 0.458. The predicted octanol–water partition coefficient (Wildman–Crippen LogP) is 5.04. The monoisotopic (exact) mass is 367 g/mol. The van der Waals surface area contributed by atoms with Crippen molar-refractivity contribution in [1.29, 1.82) is 0 Å². The number of hydrogen-bond donors (Lipinski definition) is 1. The van der Waals surface area contributed by atoms with E-state index in [4.69, 9.17) is 4.74 Å². The fourth-order valence-electron chi connectivity index (χ4n) is 3.31. The number of carbonyl (C=O) groups excluding carboxylic acids is 1. The summed E-state index contributed by atoms with van der Waals surface area (Å²) in [7, 11) is 0. The minimum absolute atomic E-state index is 0.223. The zero-order valence-electron chi connectivity index (χ0n) is 16.7. The molecule has 1 fully saturated rings. The Morgan fingerprint density at radius 3 is 2.63 bits per heavy atom. The van der Waals surface area contributed by atoms with Gasteiger partial charge in [-0.15, -0.1) is 0 Å². The number of hydrogen-bond acceptors (Lipinski definition) is 3. The zero-order valence-corrected chi connectivity index (χ0v) is 16.7. The van der Waals surface area contributed by atoms with Gasteiger partial charge in [-0.1, -0.05) is 61.1 Å². The summed E-state index contributed by atoms with van der Waals surface area (Å²) in [5.41, 5.74) is 2.53. The number of nitrogens with one attached hydrogen (secondary N) is 1. The van der Waals surface area contributed by atoms with Gasteiger partial charge in [0, 0.05) is 17.9 Å². The number of para-hydroxylation sites is 1. The molecule has 3 heteroatoms. The van der Waals surface area contributed by atoms with Crippen molar-refractivity contribution in [2.45, 2.75) is 46.0 Å². The van der Waals surface area contributed by atoms with Gasteiger partial charge in [-0.05, 0) is 51.8 Å². The first kappa shape index (κ1) is 21.2. The van der Waals surface area contributed by atoms with Crippen LogP contribution in [0.4, 0.5) is 0 Å². The van der Waals surface area contributed by atoms with Gasteiger partial charge in [-0.25, -0.2) is 0 Å². The molecular weight excluding hydrogens is 334 g/mol. The first-order chi connectivity index (χ1) is 13.2. The number of ketones is 1. The van der Waals surface area contributed by atoms with Gasteiger partial charge in [0.2, 0.25) is 0 Å². The van der Waals surface area contributed by atoms with E-state index in [0.29, 0.717) is 18.8 Å². The van der Waals surface area contributed by atoms with Crippen molar-refractivity contribution < 1.29 is 9.53 Å². The molecule has 1 aliphatic carbocycles. The van der Waals surface area contributed by atoms with Crippen LogP contribution in [0.5, 0.6) is 5.75 Å². The second kappa shape index (κ2) is 12.3. The number of ether oxygens (including phenoxy) is 1. The average Bonchev–Trinajstić information content (AvgIpc) is 3.00. The Hall–Kier alpha value is -2.13. The van der Waals surface area contributed by atoms with Crippen LogP contribution in [-0.4, -0.2) is 25.5 Å². The Bertz CT molecular complexity index is 667. The highest BCUT2D eigenvalue weighted by Gasteiger charge is 2.21. The molecule has 0 bridgehead atoms. The van der Waals surface area contributed by atoms with Crippen LogP contribution in [0.25, 0.3) is 0 Å². The molecule has 1 aliphatic heterocycles. The second-order valence-corrected chi connectivity index (χ2v) is 6.90. The van der Waals surface area contributed by atoms with E-state index in [2.05, 4.69) is 42.6 Å². The average molecular weight is 368 g/mol. The molecule has 0 aromatic heterocycles. The summed E-state index contributed by atoms with van der Waals surface area (Å²) in [6.07, 6.45) is 15.4. The molecule has 0 radical (unpaired) electrons. The van der Waals surface area contributed by atoms with Crippen LogP contribution in [0.1, 0.15) is 45.1 Å². The van der Waals surface area contributed by atoms with E-state index in [-0.39, 0.29) is 5.92 Å². The van der Waals surface area contributed by atoms with Crippen molar-refractivity contribution in [3.8, 4) is 5.75 Å². The Labute approximate surface area is 164 Å². The van der Waals surface area contributed by atoms with Crippen LogP contribution in [0.3, 0.4) is 0 Å². The summed E-state index contributed by atoms with van der Waals surface area (Å²) in [6, 6.07) is 7.84. The lowest BCUT2D eigenvalue weighted by atomic mass is 9.90. The lowest BCUT2D eigenvalue weighted by Crippen LogP contribution is -2.32. The molecule has 0 spiro atoms. The second-order valence-electron chi connectivity index (χ2n) is 6.90. The predicted molar refractivity (Wildman–Crippen MR) is 113 cm³/mol. The van der Waals surface area contributed by atoms with E-state index in [1.54, 1.807) is 0 Å². The molecule has 1 aromatic rings. The Balaban J connectivity index is 0.000000244. The summed E-state index contributed by atoms with van der Waals surface area (Å²) in [5.74, 6) is 1.42. The van der Waals surface area contributed by atoms with E-state index in [1.165, 1.54) is 12.0 Å². The van der Waals surface area contributed by atoms with Crippen molar-refractivity contribution in [3.05, 3.63) is 65.8 Å². The maximum atomic E-state index is 12.2. The number of piperidine rings is 1. The summed E-state index contributed by atoms with van der Waals surface area (Å²) < 4.78 is 5.56. The Morgan fingerprint density at radius 2 is 1.89 bits per heavy atom. The molecule has 0 amide bonds. The van der Waals surface area contributed by atoms with Gasteiger partial charge in [0.1, 0.15) is 11.5 Å². The zero-order chi connectivity index (χ0) is 19.3. The maximum Gasteiger partial charge on any atom is 0.140 e. The van der Waals surface area contributed by atoms with Gasteiger partial charge in [0.15, 0.2) is 0 Å². The standard InChI is InChI=1S/C15H21NO2.C9H12/c1-2-18-15-6-4-3-5-13(15)11-14(17)12-7-9-16-10-8-12;1-2-9-7-5-3-4-6-8-9/h3-6,12,16H,2,7-11H2,1H3;3-7H,2,8H2,1H3. The molecule has 146 valence electrons. The first-order valence-corrected chi connectivity index (χ1v) is 10.2. The van der Waals surface area contributed by atoms with Crippen LogP contribution in [0.15, 0.2) is 60.2 Å². The quantitative estimate of drug-likeness (QED) is 0.766. The summed E-state index contributed by atoms with van der Waals surface area (Å²) >= 11 is 0. The molecule has 0 saturated carbocycles. The fourth-order valence-corrected chi connectivity index (χ4v) is 3.31. The third-order valence-corrected chi connectivity index (χ3v) is 4.96. The van der Waals surface area contributed by atoms with E-state index >= 15 is 0 Å². The molecule has 3 nitrogen and oxygen atoms in total. The van der Waals surface area contributed by atoms with Crippen LogP contribution >= 0.6 is 0 Å². The van der Waals surface area contributed by atoms with Crippen LogP contribution in [-0.2, 0) is 11.2 Å². The first-order valence-electron chi connectivity index (χ1n) is 10.2. The third kappa shape index (κ3) is 7.56. The van der Waals surface area contributed by atoms with Crippen molar-refractivity contribution in [2.24, 2.45) is 5.92 Å². The molecule has 3 rings (SSSR count). The van der Waals surface area contributed by atoms with Gasteiger partial charge in [-0.3, -0.25) is 4.79 Å². The number of Topliss-reactive ketones (excluding diaryl/α,β-unsaturated/α-hetero) is 1. The van der Waals surface area contributed by atoms with Crippen molar-refractivity contribution in [2.75, 3.05) is 19.7 Å². The molecule has 0 unspecified atom stereocenters. The van der Waals surface area contributed by atoms with Crippen molar-refractivity contribution in [1.82, 2.24) is 5.32 Å². The topological polar surface area (TPSA) is 38.3 Å². The lowest BCUT2D eigenvalue weighted by Gasteiger charge is -2.21. The van der Waals surface area contributed by atoms with E-state index in [1.807, 2.05) is 31.2 Å². The van der Waals surface area contributed by atoms with Gasteiger partial charge < -0.3 is 10.1 Å². The Morgan fingerprint density at radius 1 is 1.11 bits per heavy atom. The lowest BCUT2D eigenvalue weighted by molar-refractivity contribution is -0.122. The number of allylic oxidation sites excluding steroid dienone is 6. The van der Waals surface area contributed by atoms with E-state index in [0.717, 1.165) is 43.7 Å². The molecule has 1 aromatic carbocycles. The number of rotatable bonds is 6. The number of carbonyl (C=O) groups is 1. The highest BCUT2D eigenvalue weighted by Crippen LogP contribution is 2.22. The summed E-state index contributed by atoms with van der Waals surface area (Å²) in [5, 5.41) is 3.29. The molecular formula is C24H33NO2. The molecule has 1 heterocycles. The maximum absolute atomic E-state index is 12.2. The summed E-state index contributed by atoms with van der Waals surface area (Å²) in [6.45, 7) is 6.72. The van der Waals surface area contributed by atoms with Crippen LogP contribution in [0, 0.1) is 5.92 Å². The molecule has 0 atom stereocenters. The molecule has 1 N–H and O–H groups in total. The van der Waals surface area contributed by atoms with Crippen molar-refractivity contribution >= 4 is 5.78 Å². The van der Waals surface area contributed by atoms with Gasteiger partial charge in [0.25, 0.3) is 0 Å². The highest BCUT2D eigenvalue weighted by atomic mass is 16.5. The van der Waals surface area contributed by atoms with Crippen LogP contribution in [0.2, 0.25) is 0 Å². The third-order valence-electron chi connectivity index (χ3n) is 4.96. The Kier molecular flexibility index (Phi) is 9.64. The van der Waals surface area contributed by atoms with Gasteiger partial charge >= 0.3 is 0 Å². The molecule has 2 aliphatic rings. The number of benzene rings is 1. The summed E-state index contributed by atoms with van der Waals surface area (Å²) in [4.78, 5) is 12.2. The highest BCUT2D eigenvalue weighted by molar-refractivity contribution is 5.84.